The molecule has 0 aromatic heterocycles. The molecular formula is C20H28FIN4. The van der Waals surface area contributed by atoms with Crippen molar-refractivity contribution in [1.82, 2.24) is 15.5 Å². The third-order valence-corrected chi connectivity index (χ3v) is 3.82. The van der Waals surface area contributed by atoms with Gasteiger partial charge in [0.25, 0.3) is 0 Å². The van der Waals surface area contributed by atoms with Crippen molar-refractivity contribution >= 4 is 29.9 Å². The molecule has 4 nitrogen and oxygen atoms in total. The Morgan fingerprint density at radius 2 is 1.50 bits per heavy atom. The second kappa shape index (κ2) is 11.9. The number of benzene rings is 2. The molecular weight excluding hydrogens is 442 g/mol. The van der Waals surface area contributed by atoms with Crippen LogP contribution in [0, 0.1) is 5.82 Å². The first-order chi connectivity index (χ1) is 12.1. The highest BCUT2D eigenvalue weighted by atomic mass is 127. The number of hydrogen-bond acceptors (Lipinski definition) is 2. The van der Waals surface area contributed by atoms with E-state index in [1.807, 2.05) is 12.1 Å². The van der Waals surface area contributed by atoms with E-state index >= 15 is 0 Å². The molecule has 0 aliphatic heterocycles. The van der Waals surface area contributed by atoms with Crippen molar-refractivity contribution in [2.45, 2.75) is 19.5 Å². The lowest BCUT2D eigenvalue weighted by atomic mass is 10.1. The molecule has 0 saturated carbocycles. The normalized spacial score (nSPS) is 11.2. The minimum Gasteiger partial charge on any atom is -0.356 e. The molecule has 0 aliphatic rings. The number of rotatable bonds is 7. The minimum absolute atomic E-state index is 0. The van der Waals surface area contributed by atoms with Crippen molar-refractivity contribution in [3.05, 3.63) is 71.0 Å². The number of nitrogens with zero attached hydrogens (tertiary/aromatic N) is 2. The summed E-state index contributed by atoms with van der Waals surface area (Å²) in [5.74, 6) is 0.560. The van der Waals surface area contributed by atoms with Gasteiger partial charge in [0.1, 0.15) is 5.82 Å². The molecule has 0 aliphatic carbocycles. The molecule has 0 saturated heterocycles. The fourth-order valence-corrected chi connectivity index (χ4v) is 2.51. The Labute approximate surface area is 172 Å². The fraction of sp³-hybridized carbons (Fsp3) is 0.350. The zero-order valence-corrected chi connectivity index (χ0v) is 18.0. The third-order valence-electron chi connectivity index (χ3n) is 3.82. The topological polar surface area (TPSA) is 39.7 Å². The van der Waals surface area contributed by atoms with Crippen molar-refractivity contribution in [3.63, 3.8) is 0 Å². The maximum Gasteiger partial charge on any atom is 0.191 e. The average Bonchev–Trinajstić information content (AvgIpc) is 2.60. The lowest BCUT2D eigenvalue weighted by molar-refractivity contribution is 0.402. The number of hydrogen-bond donors (Lipinski definition) is 2. The number of nitrogens with one attached hydrogen (secondary N) is 2. The van der Waals surface area contributed by atoms with Crippen LogP contribution in [0.15, 0.2) is 53.5 Å². The van der Waals surface area contributed by atoms with E-state index < -0.39 is 0 Å². The summed E-state index contributed by atoms with van der Waals surface area (Å²) in [6.45, 7) is 2.41. The zero-order chi connectivity index (χ0) is 18.1. The first-order valence-electron chi connectivity index (χ1n) is 8.48. The standard InChI is InChI=1S/C20H27FN4.HI/c1-22-20(23-13-12-16-8-10-19(21)11-9-16)24-14-17-4-6-18(7-5-17)15-25(2)3;/h4-11H,12-15H2,1-3H3,(H2,22,23,24);1H. The van der Waals surface area contributed by atoms with Crippen LogP contribution >= 0.6 is 24.0 Å². The summed E-state index contributed by atoms with van der Waals surface area (Å²) in [4.78, 5) is 6.39. The largest absolute Gasteiger partial charge is 0.356 e. The monoisotopic (exact) mass is 470 g/mol. The highest BCUT2D eigenvalue weighted by molar-refractivity contribution is 14.0. The zero-order valence-electron chi connectivity index (χ0n) is 15.6. The van der Waals surface area contributed by atoms with Crippen molar-refractivity contribution < 1.29 is 4.39 Å². The minimum atomic E-state index is -0.203. The SMILES string of the molecule is CN=C(NCCc1ccc(F)cc1)NCc1ccc(CN(C)C)cc1.I. The van der Waals surface area contributed by atoms with E-state index in [-0.39, 0.29) is 29.8 Å². The van der Waals surface area contributed by atoms with E-state index in [0.29, 0.717) is 0 Å². The lowest BCUT2D eigenvalue weighted by Crippen LogP contribution is -2.37. The van der Waals surface area contributed by atoms with Gasteiger partial charge < -0.3 is 15.5 Å². The first kappa shape index (κ1) is 22.4. The van der Waals surface area contributed by atoms with Gasteiger partial charge in [0.15, 0.2) is 5.96 Å². The summed E-state index contributed by atoms with van der Waals surface area (Å²) >= 11 is 0. The molecule has 0 spiro atoms. The molecule has 0 bridgehead atoms. The van der Waals surface area contributed by atoms with Crippen LogP contribution in [0.1, 0.15) is 16.7 Å². The van der Waals surface area contributed by atoms with Gasteiger partial charge in [0.05, 0.1) is 0 Å². The number of halogens is 2. The van der Waals surface area contributed by atoms with Crippen LogP contribution in [-0.4, -0.2) is 38.5 Å². The molecule has 2 aromatic carbocycles. The number of guanidine groups is 1. The summed E-state index contributed by atoms with van der Waals surface area (Å²) in [5.41, 5.74) is 3.61. The Morgan fingerprint density at radius 1 is 0.923 bits per heavy atom. The van der Waals surface area contributed by atoms with Gasteiger partial charge in [-0.25, -0.2) is 4.39 Å². The quantitative estimate of drug-likeness (QED) is 0.370. The predicted octanol–water partition coefficient (Wildman–Crippen LogP) is 3.41. The lowest BCUT2D eigenvalue weighted by Gasteiger charge is -2.13. The Kier molecular flexibility index (Phi) is 10.2. The highest BCUT2D eigenvalue weighted by Crippen LogP contribution is 2.06. The summed E-state index contributed by atoms with van der Waals surface area (Å²) < 4.78 is 12.9. The predicted molar refractivity (Wildman–Crippen MR) is 118 cm³/mol. The molecule has 0 atom stereocenters. The summed E-state index contributed by atoms with van der Waals surface area (Å²) in [7, 11) is 5.89. The van der Waals surface area contributed by atoms with E-state index in [4.69, 9.17) is 0 Å². The van der Waals surface area contributed by atoms with Crippen LogP contribution < -0.4 is 10.6 Å². The van der Waals surface area contributed by atoms with Gasteiger partial charge in [-0.3, -0.25) is 4.99 Å². The van der Waals surface area contributed by atoms with Crippen LogP contribution in [0.5, 0.6) is 0 Å². The van der Waals surface area contributed by atoms with Crippen molar-refractivity contribution in [2.24, 2.45) is 4.99 Å². The summed E-state index contributed by atoms with van der Waals surface area (Å²) in [6, 6.07) is 15.2. The van der Waals surface area contributed by atoms with E-state index in [9.17, 15) is 4.39 Å². The molecule has 0 radical (unpaired) electrons. The van der Waals surface area contributed by atoms with Crippen LogP contribution in [0.3, 0.4) is 0 Å². The van der Waals surface area contributed by atoms with E-state index in [1.165, 1.54) is 23.3 Å². The maximum absolute atomic E-state index is 12.9. The molecule has 0 amide bonds. The van der Waals surface area contributed by atoms with Crippen LogP contribution in [0.2, 0.25) is 0 Å². The molecule has 2 aromatic rings. The fourth-order valence-electron chi connectivity index (χ4n) is 2.51. The van der Waals surface area contributed by atoms with Crippen LogP contribution in [0.4, 0.5) is 4.39 Å². The van der Waals surface area contributed by atoms with Gasteiger partial charge in [-0.05, 0) is 49.3 Å². The summed E-state index contributed by atoms with van der Waals surface area (Å²) in [6.07, 6.45) is 0.820. The van der Waals surface area contributed by atoms with Gasteiger partial charge in [0.2, 0.25) is 0 Å². The Bertz CT molecular complexity index is 669. The maximum atomic E-state index is 12.9. The van der Waals surface area contributed by atoms with Crippen LogP contribution in [-0.2, 0) is 19.5 Å². The van der Waals surface area contributed by atoms with Gasteiger partial charge in [-0.2, -0.15) is 0 Å². The van der Waals surface area contributed by atoms with Gasteiger partial charge in [-0.1, -0.05) is 36.4 Å². The van der Waals surface area contributed by atoms with Crippen molar-refractivity contribution in [2.75, 3.05) is 27.7 Å². The third kappa shape index (κ3) is 8.14. The second-order valence-electron chi connectivity index (χ2n) is 6.28. The van der Waals surface area contributed by atoms with Gasteiger partial charge in [-0.15, -0.1) is 24.0 Å². The van der Waals surface area contributed by atoms with E-state index in [1.54, 1.807) is 7.05 Å². The molecule has 26 heavy (non-hydrogen) atoms. The van der Waals surface area contributed by atoms with Gasteiger partial charge in [0, 0.05) is 26.7 Å². The molecule has 142 valence electrons. The van der Waals surface area contributed by atoms with E-state index in [0.717, 1.165) is 37.6 Å². The Morgan fingerprint density at radius 3 is 2.08 bits per heavy atom. The van der Waals surface area contributed by atoms with Crippen LogP contribution in [0.25, 0.3) is 0 Å². The van der Waals surface area contributed by atoms with Crippen molar-refractivity contribution in [3.8, 4) is 0 Å². The average molecular weight is 470 g/mol. The van der Waals surface area contributed by atoms with E-state index in [2.05, 4.69) is 58.9 Å². The first-order valence-corrected chi connectivity index (χ1v) is 8.48. The molecule has 0 unspecified atom stereocenters. The molecule has 2 N–H and O–H groups in total. The van der Waals surface area contributed by atoms with Crippen molar-refractivity contribution in [1.29, 1.82) is 0 Å². The molecule has 0 heterocycles. The Hall–Kier alpha value is -1.67. The highest BCUT2D eigenvalue weighted by Gasteiger charge is 2.00. The molecule has 2 rings (SSSR count). The Balaban J connectivity index is 0.00000338. The smallest absolute Gasteiger partial charge is 0.191 e. The number of aliphatic imine (C=N–C) groups is 1. The molecule has 0 fully saturated rings. The molecule has 6 heteroatoms. The second-order valence-corrected chi connectivity index (χ2v) is 6.28. The van der Waals surface area contributed by atoms with Gasteiger partial charge >= 0.3 is 0 Å². The summed E-state index contributed by atoms with van der Waals surface area (Å²) in [5, 5.41) is 6.59.